The van der Waals surface area contributed by atoms with E-state index in [4.69, 9.17) is 16.7 Å². The van der Waals surface area contributed by atoms with Gasteiger partial charge in [-0.2, -0.15) is 14.7 Å². The number of halogens is 1. The first-order valence-electron chi connectivity index (χ1n) is 13.4. The molecule has 2 heterocycles. The van der Waals surface area contributed by atoms with Crippen molar-refractivity contribution in [1.29, 1.82) is 5.26 Å². The molecule has 0 saturated carbocycles. The summed E-state index contributed by atoms with van der Waals surface area (Å²) in [7, 11) is -7.96. The standard InChI is InChI=1S/C31H29ClN4O4S2/c1-22-15-23(2)20-35(19-22)42(39,40)29-10-6-7-24(16-29)31-25(21-36(34-31)27-8-4-3-5-9-27)17-30(18-33)41(37,38)28-13-11-26(32)12-14-28/h3-14,16-17,21-23H,15,19-20H2,1-2H3. The van der Waals surface area contributed by atoms with E-state index in [-0.39, 0.29) is 21.6 Å². The summed E-state index contributed by atoms with van der Waals surface area (Å²) < 4.78 is 57.2. The van der Waals surface area contributed by atoms with Gasteiger partial charge in [0.15, 0.2) is 0 Å². The highest BCUT2D eigenvalue weighted by Crippen LogP contribution is 2.32. The molecule has 0 N–H and O–H groups in total. The Morgan fingerprint density at radius 1 is 0.929 bits per heavy atom. The molecule has 3 aromatic carbocycles. The number of nitrogens with zero attached hydrogens (tertiary/aromatic N) is 4. The average Bonchev–Trinajstić information content (AvgIpc) is 3.40. The van der Waals surface area contributed by atoms with Gasteiger partial charge < -0.3 is 0 Å². The van der Waals surface area contributed by atoms with E-state index in [0.717, 1.165) is 6.42 Å². The van der Waals surface area contributed by atoms with Crippen LogP contribution < -0.4 is 0 Å². The maximum absolute atomic E-state index is 13.7. The fourth-order valence-corrected chi connectivity index (χ4v) is 8.24. The number of rotatable bonds is 7. The van der Waals surface area contributed by atoms with Gasteiger partial charge in [-0.05, 0) is 72.9 Å². The van der Waals surface area contributed by atoms with E-state index in [0.29, 0.717) is 40.6 Å². The highest BCUT2D eigenvalue weighted by molar-refractivity contribution is 7.95. The van der Waals surface area contributed by atoms with Crippen molar-refractivity contribution < 1.29 is 16.8 Å². The molecule has 1 saturated heterocycles. The monoisotopic (exact) mass is 620 g/mol. The average molecular weight is 621 g/mol. The number of benzene rings is 3. The molecule has 1 fully saturated rings. The third-order valence-corrected chi connectivity index (χ3v) is 10.9. The first kappa shape index (κ1) is 29.7. The summed E-state index contributed by atoms with van der Waals surface area (Å²) in [5.74, 6) is 0.494. The summed E-state index contributed by atoms with van der Waals surface area (Å²) in [5, 5.41) is 15.0. The van der Waals surface area contributed by atoms with Crippen molar-refractivity contribution in [2.75, 3.05) is 13.1 Å². The minimum atomic E-state index is -4.18. The van der Waals surface area contributed by atoms with Gasteiger partial charge in [0, 0.05) is 35.4 Å². The SMILES string of the molecule is CC1CC(C)CN(S(=O)(=O)c2cccc(-c3nn(-c4ccccc4)cc3C=C(C#N)S(=O)(=O)c3ccc(Cl)cc3)c2)C1. The molecule has 1 aliphatic heterocycles. The van der Waals surface area contributed by atoms with Crippen LogP contribution in [0.1, 0.15) is 25.8 Å². The van der Waals surface area contributed by atoms with Crippen molar-refractivity contribution >= 4 is 37.5 Å². The van der Waals surface area contributed by atoms with Crippen LogP contribution in [0.4, 0.5) is 0 Å². The van der Waals surface area contributed by atoms with Crippen molar-refractivity contribution in [3.63, 3.8) is 0 Å². The molecular formula is C31H29ClN4O4S2. The number of hydrogen-bond acceptors (Lipinski definition) is 6. The summed E-state index contributed by atoms with van der Waals surface area (Å²) in [6, 6.07) is 23.1. The molecule has 2 atom stereocenters. The minimum Gasteiger partial charge on any atom is -0.240 e. The maximum Gasteiger partial charge on any atom is 0.243 e. The van der Waals surface area contributed by atoms with Gasteiger partial charge in [-0.25, -0.2) is 21.5 Å². The van der Waals surface area contributed by atoms with Gasteiger partial charge in [0.2, 0.25) is 19.9 Å². The van der Waals surface area contributed by atoms with Crippen LogP contribution in [0, 0.1) is 23.2 Å². The van der Waals surface area contributed by atoms with Crippen LogP contribution in [-0.2, 0) is 19.9 Å². The Labute approximate surface area is 251 Å². The summed E-state index contributed by atoms with van der Waals surface area (Å²) >= 11 is 5.93. The van der Waals surface area contributed by atoms with Crippen LogP contribution in [0.5, 0.6) is 0 Å². The molecule has 0 aliphatic carbocycles. The Balaban J connectivity index is 1.63. The van der Waals surface area contributed by atoms with E-state index in [1.165, 1.54) is 34.6 Å². The lowest BCUT2D eigenvalue weighted by Gasteiger charge is -2.34. The number of para-hydroxylation sites is 1. The van der Waals surface area contributed by atoms with Gasteiger partial charge in [0.05, 0.1) is 15.5 Å². The van der Waals surface area contributed by atoms with E-state index < -0.39 is 24.8 Å². The molecule has 8 nitrogen and oxygen atoms in total. The van der Waals surface area contributed by atoms with Gasteiger partial charge in [-0.15, -0.1) is 0 Å². The maximum atomic E-state index is 13.7. The van der Waals surface area contributed by atoms with E-state index in [1.807, 2.05) is 50.2 Å². The Morgan fingerprint density at radius 3 is 2.24 bits per heavy atom. The molecule has 2 unspecified atom stereocenters. The molecule has 1 aliphatic rings. The summed E-state index contributed by atoms with van der Waals surface area (Å²) in [5.41, 5.74) is 1.84. The molecule has 11 heteroatoms. The molecular weight excluding hydrogens is 592 g/mol. The molecule has 42 heavy (non-hydrogen) atoms. The Kier molecular flexibility index (Phi) is 8.39. The normalized spacial score (nSPS) is 18.5. The first-order valence-corrected chi connectivity index (χ1v) is 16.7. The highest BCUT2D eigenvalue weighted by atomic mass is 35.5. The fourth-order valence-electron chi connectivity index (χ4n) is 5.24. The van der Waals surface area contributed by atoms with Gasteiger partial charge >= 0.3 is 0 Å². The second-order valence-electron chi connectivity index (χ2n) is 10.6. The van der Waals surface area contributed by atoms with E-state index in [2.05, 4.69) is 0 Å². The molecule has 216 valence electrons. The van der Waals surface area contributed by atoms with Gasteiger partial charge in [0.1, 0.15) is 16.7 Å². The van der Waals surface area contributed by atoms with E-state index >= 15 is 0 Å². The van der Waals surface area contributed by atoms with Crippen LogP contribution in [0.15, 0.2) is 99.8 Å². The number of nitriles is 1. The molecule has 0 radical (unpaired) electrons. The predicted octanol–water partition coefficient (Wildman–Crippen LogP) is 6.20. The van der Waals surface area contributed by atoms with Crippen LogP contribution in [0.25, 0.3) is 23.0 Å². The van der Waals surface area contributed by atoms with Crippen molar-refractivity contribution in [2.24, 2.45) is 11.8 Å². The quantitative estimate of drug-likeness (QED) is 0.227. The lowest BCUT2D eigenvalue weighted by molar-refractivity contribution is 0.222. The molecule has 5 rings (SSSR count). The zero-order valence-corrected chi connectivity index (χ0v) is 25.4. The van der Waals surface area contributed by atoms with Crippen LogP contribution in [0.3, 0.4) is 0 Å². The number of sulfonamides is 1. The lowest BCUT2D eigenvalue weighted by atomic mass is 9.94. The first-order chi connectivity index (χ1) is 20.0. The van der Waals surface area contributed by atoms with Gasteiger partial charge in [-0.3, -0.25) is 0 Å². The summed E-state index contributed by atoms with van der Waals surface area (Å²) in [4.78, 5) is -0.437. The van der Waals surface area contributed by atoms with Crippen LogP contribution >= 0.6 is 11.6 Å². The number of allylic oxidation sites excluding steroid dienone is 1. The summed E-state index contributed by atoms with van der Waals surface area (Å²) in [6.45, 7) is 4.99. The summed E-state index contributed by atoms with van der Waals surface area (Å²) in [6.07, 6.45) is 3.86. The van der Waals surface area contributed by atoms with Crippen LogP contribution in [-0.4, -0.2) is 44.0 Å². The van der Waals surface area contributed by atoms with Crippen LogP contribution in [0.2, 0.25) is 5.02 Å². The van der Waals surface area contributed by atoms with Crippen molar-refractivity contribution in [1.82, 2.24) is 14.1 Å². The zero-order chi connectivity index (χ0) is 30.1. The van der Waals surface area contributed by atoms with Gasteiger partial charge in [-0.1, -0.05) is 55.8 Å². The number of aromatic nitrogens is 2. The Morgan fingerprint density at radius 2 is 1.60 bits per heavy atom. The molecule has 4 aromatic rings. The largest absolute Gasteiger partial charge is 0.243 e. The third-order valence-electron chi connectivity index (χ3n) is 7.15. The Hall–Kier alpha value is -3.75. The van der Waals surface area contributed by atoms with Crippen molar-refractivity contribution in [2.45, 2.75) is 30.1 Å². The van der Waals surface area contributed by atoms with Gasteiger partial charge in [0.25, 0.3) is 0 Å². The predicted molar refractivity (Wildman–Crippen MR) is 163 cm³/mol. The Bertz CT molecular complexity index is 1890. The second kappa shape index (κ2) is 11.9. The number of sulfone groups is 1. The van der Waals surface area contributed by atoms with Crippen molar-refractivity contribution in [3.8, 4) is 23.0 Å². The number of hydrogen-bond donors (Lipinski definition) is 0. The molecule has 1 aromatic heterocycles. The molecule has 0 amide bonds. The van der Waals surface area contributed by atoms with Crippen molar-refractivity contribution in [3.05, 3.63) is 101 Å². The third kappa shape index (κ3) is 6.05. The van der Waals surface area contributed by atoms with E-state index in [1.54, 1.807) is 35.1 Å². The zero-order valence-electron chi connectivity index (χ0n) is 23.1. The fraction of sp³-hybridized carbons (Fsp3) is 0.226. The topological polar surface area (TPSA) is 113 Å². The molecule has 0 bridgehead atoms. The minimum absolute atomic E-state index is 0.0743. The van der Waals surface area contributed by atoms with E-state index in [9.17, 15) is 22.1 Å². The smallest absolute Gasteiger partial charge is 0.240 e. The highest BCUT2D eigenvalue weighted by Gasteiger charge is 2.32. The number of piperidine rings is 1. The lowest BCUT2D eigenvalue weighted by Crippen LogP contribution is -2.42. The second-order valence-corrected chi connectivity index (χ2v) is 14.9. The molecule has 0 spiro atoms.